The number of carbonyl (C=O) groups is 1. The van der Waals surface area contributed by atoms with Gasteiger partial charge in [0.1, 0.15) is 0 Å². The van der Waals surface area contributed by atoms with E-state index in [0.29, 0.717) is 11.4 Å². The van der Waals surface area contributed by atoms with Gasteiger partial charge in [-0.15, -0.1) is 0 Å². The molecule has 0 radical (unpaired) electrons. The van der Waals surface area contributed by atoms with Crippen molar-refractivity contribution in [2.75, 3.05) is 4.47 Å². The van der Waals surface area contributed by atoms with Crippen LogP contribution in [0.25, 0.3) is 0 Å². The van der Waals surface area contributed by atoms with E-state index in [1.807, 2.05) is 12.1 Å². The Bertz CT molecular complexity index is 1130. The van der Waals surface area contributed by atoms with Crippen LogP contribution >= 0.6 is 0 Å². The zero-order valence-corrected chi connectivity index (χ0v) is 20.0. The van der Waals surface area contributed by atoms with E-state index in [2.05, 4.69) is 19.9 Å². The van der Waals surface area contributed by atoms with Crippen LogP contribution < -0.4 is 13.7 Å². The first-order valence-corrected chi connectivity index (χ1v) is 14.9. The van der Waals surface area contributed by atoms with Crippen molar-refractivity contribution >= 4 is 40.7 Å². The zero-order chi connectivity index (χ0) is 22.4. The molecule has 0 aliphatic rings. The number of sulfonamides is 1. The molecule has 0 bridgehead atoms. The SMILES string of the molecule is CC[As](CC)c1cccc(ON(c2ccccc2)S(=O)(=O)c2ccc(C(=O)O)cc2)c1. The van der Waals surface area contributed by atoms with Gasteiger partial charge in [0.25, 0.3) is 0 Å². The summed E-state index contributed by atoms with van der Waals surface area (Å²) in [7, 11) is -4.11. The van der Waals surface area contributed by atoms with Gasteiger partial charge in [-0.25, -0.2) is 0 Å². The molecule has 3 aromatic carbocycles. The molecule has 6 nitrogen and oxygen atoms in total. The minimum absolute atomic E-state index is 0.00853. The summed E-state index contributed by atoms with van der Waals surface area (Å²) in [6.07, 6.45) is 0. The second-order valence-electron chi connectivity index (χ2n) is 6.66. The fourth-order valence-electron chi connectivity index (χ4n) is 3.08. The van der Waals surface area contributed by atoms with Gasteiger partial charge in [0.2, 0.25) is 0 Å². The quantitative estimate of drug-likeness (QED) is 0.349. The van der Waals surface area contributed by atoms with Crippen LogP contribution in [0.3, 0.4) is 0 Å². The summed E-state index contributed by atoms with van der Waals surface area (Å²) in [6, 6.07) is 21.2. The molecule has 1 N–H and O–H groups in total. The predicted molar refractivity (Wildman–Crippen MR) is 123 cm³/mol. The van der Waals surface area contributed by atoms with Gasteiger partial charge in [0.05, 0.1) is 0 Å². The van der Waals surface area contributed by atoms with Gasteiger partial charge >= 0.3 is 188 Å². The second kappa shape index (κ2) is 10.0. The van der Waals surface area contributed by atoms with Crippen molar-refractivity contribution < 1.29 is 23.2 Å². The fraction of sp³-hybridized carbons (Fsp3) is 0.174. The van der Waals surface area contributed by atoms with Gasteiger partial charge < -0.3 is 0 Å². The van der Waals surface area contributed by atoms with Gasteiger partial charge in [-0.1, -0.05) is 0 Å². The first kappa shape index (κ1) is 22.9. The average molecular weight is 501 g/mol. The number of hydrogen-bond acceptors (Lipinski definition) is 4. The molecule has 0 atom stereocenters. The Morgan fingerprint density at radius 2 is 1.58 bits per heavy atom. The van der Waals surface area contributed by atoms with Crippen LogP contribution in [0.4, 0.5) is 5.69 Å². The number of aromatic carboxylic acids is 1. The third kappa shape index (κ3) is 5.30. The number of anilines is 1. The summed E-state index contributed by atoms with van der Waals surface area (Å²) in [5.41, 5.74) is 0.352. The molecule has 31 heavy (non-hydrogen) atoms. The Kier molecular flexibility index (Phi) is 7.41. The van der Waals surface area contributed by atoms with E-state index in [4.69, 9.17) is 9.94 Å². The van der Waals surface area contributed by atoms with E-state index < -0.39 is 30.6 Å². The fourth-order valence-corrected chi connectivity index (χ4v) is 8.08. The van der Waals surface area contributed by atoms with Crippen LogP contribution in [-0.4, -0.2) is 34.1 Å². The Balaban J connectivity index is 2.02. The summed E-state index contributed by atoms with van der Waals surface area (Å²) in [5.74, 6) is -0.684. The van der Waals surface area contributed by atoms with Crippen LogP contribution in [0, 0.1) is 0 Å². The molecule has 162 valence electrons. The van der Waals surface area contributed by atoms with E-state index in [1.54, 1.807) is 36.4 Å². The number of nitrogens with zero attached hydrogens (tertiary/aromatic N) is 1. The van der Waals surface area contributed by atoms with Crippen LogP contribution in [0.15, 0.2) is 83.8 Å². The number of para-hydroxylation sites is 1. The van der Waals surface area contributed by atoms with Crippen molar-refractivity contribution in [2.45, 2.75) is 29.2 Å². The maximum atomic E-state index is 13.4. The van der Waals surface area contributed by atoms with Crippen molar-refractivity contribution in [3.05, 3.63) is 84.4 Å². The van der Waals surface area contributed by atoms with Crippen LogP contribution in [0.1, 0.15) is 24.2 Å². The normalized spacial score (nSPS) is 11.3. The van der Waals surface area contributed by atoms with Crippen LogP contribution in [-0.2, 0) is 10.0 Å². The number of carboxylic acid groups (broad SMARTS) is 1. The molecule has 0 heterocycles. The Hall–Kier alpha value is -2.76. The molecular formula is C23H24AsNO5S. The van der Waals surface area contributed by atoms with E-state index in [1.165, 1.54) is 28.6 Å². The van der Waals surface area contributed by atoms with Gasteiger partial charge in [-0.3, -0.25) is 0 Å². The molecule has 0 spiro atoms. The summed E-state index contributed by atoms with van der Waals surface area (Å²) < 4.78 is 28.9. The van der Waals surface area contributed by atoms with Gasteiger partial charge in [0, 0.05) is 0 Å². The number of benzene rings is 3. The van der Waals surface area contributed by atoms with Gasteiger partial charge in [0.15, 0.2) is 0 Å². The Morgan fingerprint density at radius 1 is 0.935 bits per heavy atom. The molecule has 0 aliphatic carbocycles. The van der Waals surface area contributed by atoms with Crippen LogP contribution in [0.5, 0.6) is 5.75 Å². The number of hydrogen-bond donors (Lipinski definition) is 1. The molecule has 3 rings (SSSR count). The molecule has 0 aliphatic heterocycles. The predicted octanol–water partition coefficient (Wildman–Crippen LogP) is 4.32. The summed E-state index contributed by atoms with van der Waals surface area (Å²) in [5, 5.41) is 11.3. The first-order chi connectivity index (χ1) is 14.9. The van der Waals surface area contributed by atoms with Crippen molar-refractivity contribution in [2.24, 2.45) is 0 Å². The van der Waals surface area contributed by atoms with Gasteiger partial charge in [-0.2, -0.15) is 0 Å². The molecule has 0 aromatic heterocycles. The van der Waals surface area contributed by atoms with E-state index >= 15 is 0 Å². The summed E-state index contributed by atoms with van der Waals surface area (Å²) >= 11 is -1.19. The van der Waals surface area contributed by atoms with Gasteiger partial charge in [-0.05, 0) is 0 Å². The zero-order valence-electron chi connectivity index (χ0n) is 17.3. The molecule has 0 amide bonds. The van der Waals surface area contributed by atoms with Crippen LogP contribution in [0.2, 0.25) is 10.4 Å². The van der Waals surface area contributed by atoms with E-state index in [-0.39, 0.29) is 10.5 Å². The molecule has 3 aromatic rings. The third-order valence-corrected chi connectivity index (χ3v) is 11.6. The molecule has 0 fully saturated rings. The Morgan fingerprint density at radius 3 is 2.16 bits per heavy atom. The summed E-state index contributed by atoms with van der Waals surface area (Å²) in [4.78, 5) is 17.0. The maximum absolute atomic E-state index is 13.4. The molecule has 8 heteroatoms. The van der Waals surface area contributed by atoms with Crippen molar-refractivity contribution in [1.82, 2.24) is 0 Å². The van der Waals surface area contributed by atoms with E-state index in [9.17, 15) is 13.2 Å². The van der Waals surface area contributed by atoms with E-state index in [0.717, 1.165) is 14.9 Å². The van der Waals surface area contributed by atoms with Crippen molar-refractivity contribution in [3.63, 3.8) is 0 Å². The molecule has 0 unspecified atom stereocenters. The van der Waals surface area contributed by atoms with Crippen molar-refractivity contribution in [3.8, 4) is 5.75 Å². The average Bonchev–Trinajstić information content (AvgIpc) is 2.79. The Labute approximate surface area is 187 Å². The molecule has 0 saturated heterocycles. The number of rotatable bonds is 9. The standard InChI is InChI=1S/C23H24AsNO5S/c1-3-24(4-2)19-9-8-12-21(17-19)30-25(20-10-6-5-7-11-20)31(28,29)22-15-13-18(14-16-22)23(26)27/h5-17H,3-4H2,1-2H3,(H,26,27). The monoisotopic (exact) mass is 501 g/mol. The molecule has 0 saturated carbocycles. The summed E-state index contributed by atoms with van der Waals surface area (Å²) in [6.45, 7) is 4.36. The second-order valence-corrected chi connectivity index (χ2v) is 14.4. The molecular weight excluding hydrogens is 477 g/mol. The third-order valence-electron chi connectivity index (χ3n) is 4.72. The first-order valence-electron chi connectivity index (χ1n) is 9.83. The number of carboxylic acids is 1. The van der Waals surface area contributed by atoms with Crippen molar-refractivity contribution in [1.29, 1.82) is 0 Å². The topological polar surface area (TPSA) is 83.9 Å². The minimum atomic E-state index is -4.11.